The summed E-state index contributed by atoms with van der Waals surface area (Å²) in [5.41, 5.74) is 0. The van der Waals surface area contributed by atoms with Crippen molar-refractivity contribution in [2.75, 3.05) is 25.5 Å². The number of carbonyl (C=O) groups excluding carboxylic acids is 1. The van der Waals surface area contributed by atoms with Crippen LogP contribution in [0, 0.1) is 0 Å². The van der Waals surface area contributed by atoms with Crippen LogP contribution in [0.5, 0.6) is 0 Å². The molecule has 1 atom stereocenters. The van der Waals surface area contributed by atoms with Crippen molar-refractivity contribution in [2.24, 2.45) is 0 Å². The second-order valence-corrected chi connectivity index (χ2v) is 6.90. The number of alkyl halides is 1. The van der Waals surface area contributed by atoms with E-state index in [0.717, 1.165) is 38.1 Å². The normalized spacial score (nSPS) is 23.0. The number of nitrogens with zero attached hydrogens (tertiary/aromatic N) is 3. The van der Waals surface area contributed by atoms with Crippen LogP contribution in [-0.4, -0.2) is 46.6 Å². The van der Waals surface area contributed by atoms with Crippen LogP contribution in [-0.2, 0) is 0 Å². The fourth-order valence-electron chi connectivity index (χ4n) is 3.56. The van der Waals surface area contributed by atoms with Gasteiger partial charge in [-0.2, -0.15) is 0 Å². The van der Waals surface area contributed by atoms with E-state index in [1.165, 1.54) is 19.3 Å². The lowest BCUT2D eigenvalue weighted by molar-refractivity contribution is 0.174. The predicted molar refractivity (Wildman–Crippen MR) is 87.8 cm³/mol. The summed E-state index contributed by atoms with van der Waals surface area (Å²) in [6.07, 6.45) is 8.07. The molecule has 0 aromatic carbocycles. The van der Waals surface area contributed by atoms with Crippen molar-refractivity contribution in [3.05, 3.63) is 11.8 Å². The predicted octanol–water partition coefficient (Wildman–Crippen LogP) is 3.25. The number of carbonyl (C=O) groups is 1. The van der Waals surface area contributed by atoms with E-state index in [4.69, 9.17) is 16.0 Å². The first kappa shape index (κ1) is 16.6. The highest BCUT2D eigenvalue weighted by atomic mass is 35.5. The number of amides is 2. The van der Waals surface area contributed by atoms with Crippen molar-refractivity contribution in [3.63, 3.8) is 0 Å². The number of rotatable bonds is 4. The standard InChI is InChI=1S/C16H25ClN4O2/c17-8-9-18-16(22)21-10-4-7-13(11-21)15-20-19-14(23-15)12-5-2-1-3-6-12/h12-13H,1-11H2,(H,18,22). The topological polar surface area (TPSA) is 71.3 Å². The molecule has 6 nitrogen and oxygen atoms in total. The third-order valence-corrected chi connectivity index (χ3v) is 5.03. The Hall–Kier alpha value is -1.30. The average molecular weight is 341 g/mol. The van der Waals surface area contributed by atoms with Gasteiger partial charge in [0, 0.05) is 31.4 Å². The van der Waals surface area contributed by atoms with E-state index in [1.54, 1.807) is 0 Å². The molecule has 0 spiro atoms. The first-order valence-electron chi connectivity index (χ1n) is 8.70. The molecule has 1 N–H and O–H groups in total. The Morgan fingerprint density at radius 1 is 1.13 bits per heavy atom. The Bertz CT molecular complexity index is 516. The zero-order valence-corrected chi connectivity index (χ0v) is 14.2. The quantitative estimate of drug-likeness (QED) is 0.854. The number of urea groups is 1. The maximum absolute atomic E-state index is 12.1. The minimum absolute atomic E-state index is 0.0534. The molecule has 1 aliphatic heterocycles. The molecule has 0 bridgehead atoms. The summed E-state index contributed by atoms with van der Waals surface area (Å²) in [4.78, 5) is 13.9. The van der Waals surface area contributed by atoms with Gasteiger partial charge in [0.2, 0.25) is 11.8 Å². The summed E-state index contributed by atoms with van der Waals surface area (Å²) in [5.74, 6) is 2.49. The highest BCUT2D eigenvalue weighted by molar-refractivity contribution is 6.18. The van der Waals surface area contributed by atoms with Gasteiger partial charge in [0.15, 0.2) is 0 Å². The van der Waals surface area contributed by atoms with Gasteiger partial charge in [-0.05, 0) is 25.7 Å². The van der Waals surface area contributed by atoms with Crippen LogP contribution in [0.3, 0.4) is 0 Å². The second kappa shape index (κ2) is 7.99. The van der Waals surface area contributed by atoms with Crippen LogP contribution in [0.25, 0.3) is 0 Å². The molecule has 1 unspecified atom stereocenters. The monoisotopic (exact) mass is 340 g/mol. The SMILES string of the molecule is O=C(NCCCl)N1CCCC(c2nnc(C3CCCCC3)o2)C1. The minimum atomic E-state index is -0.0534. The first-order valence-corrected chi connectivity index (χ1v) is 9.23. The molecule has 3 rings (SSSR count). The molecule has 1 aliphatic carbocycles. The molecule has 2 heterocycles. The molecule has 0 radical (unpaired) electrons. The van der Waals surface area contributed by atoms with Crippen molar-refractivity contribution in [1.29, 1.82) is 0 Å². The van der Waals surface area contributed by atoms with Crippen LogP contribution >= 0.6 is 11.6 Å². The Labute approximate surface area is 142 Å². The van der Waals surface area contributed by atoms with Crippen LogP contribution in [0.4, 0.5) is 4.79 Å². The van der Waals surface area contributed by atoms with E-state index in [2.05, 4.69) is 15.5 Å². The van der Waals surface area contributed by atoms with Crippen molar-refractivity contribution in [1.82, 2.24) is 20.4 Å². The summed E-state index contributed by atoms with van der Waals surface area (Å²) in [5, 5.41) is 11.4. The van der Waals surface area contributed by atoms with Gasteiger partial charge >= 0.3 is 6.03 Å². The molecule has 1 saturated heterocycles. The van der Waals surface area contributed by atoms with Crippen LogP contribution in [0.15, 0.2) is 4.42 Å². The van der Waals surface area contributed by atoms with Crippen LogP contribution in [0.1, 0.15) is 68.6 Å². The van der Waals surface area contributed by atoms with Gasteiger partial charge in [-0.15, -0.1) is 21.8 Å². The Kier molecular flexibility index (Phi) is 5.75. The molecule has 128 valence electrons. The average Bonchev–Trinajstić information content (AvgIpc) is 3.11. The number of halogens is 1. The number of aromatic nitrogens is 2. The van der Waals surface area contributed by atoms with Crippen molar-refractivity contribution >= 4 is 17.6 Å². The number of hydrogen-bond acceptors (Lipinski definition) is 4. The van der Waals surface area contributed by atoms with E-state index < -0.39 is 0 Å². The second-order valence-electron chi connectivity index (χ2n) is 6.52. The maximum atomic E-state index is 12.1. The number of piperidine rings is 1. The smallest absolute Gasteiger partial charge is 0.317 e. The van der Waals surface area contributed by atoms with Crippen molar-refractivity contribution in [2.45, 2.75) is 56.8 Å². The molecule has 1 aromatic heterocycles. The van der Waals surface area contributed by atoms with Gasteiger partial charge in [0.05, 0.1) is 5.92 Å². The zero-order chi connectivity index (χ0) is 16.1. The van der Waals surface area contributed by atoms with Gasteiger partial charge in [-0.3, -0.25) is 0 Å². The molecular formula is C16H25ClN4O2. The fourth-order valence-corrected chi connectivity index (χ4v) is 3.65. The lowest BCUT2D eigenvalue weighted by atomic mass is 9.89. The van der Waals surface area contributed by atoms with Gasteiger partial charge in [-0.1, -0.05) is 19.3 Å². The molecule has 2 fully saturated rings. The number of likely N-dealkylation sites (tertiary alicyclic amines) is 1. The van der Waals surface area contributed by atoms with Gasteiger partial charge < -0.3 is 14.6 Å². The molecule has 2 aliphatic rings. The summed E-state index contributed by atoms with van der Waals surface area (Å²) in [7, 11) is 0. The largest absolute Gasteiger partial charge is 0.425 e. The Balaban J connectivity index is 1.60. The molecular weight excluding hydrogens is 316 g/mol. The lowest BCUT2D eigenvalue weighted by Crippen LogP contribution is -2.45. The number of hydrogen-bond donors (Lipinski definition) is 1. The number of nitrogens with one attached hydrogen (secondary N) is 1. The van der Waals surface area contributed by atoms with Gasteiger partial charge in [0.1, 0.15) is 0 Å². The van der Waals surface area contributed by atoms with Gasteiger partial charge in [-0.25, -0.2) is 4.79 Å². The van der Waals surface area contributed by atoms with Crippen LogP contribution in [0.2, 0.25) is 0 Å². The zero-order valence-electron chi connectivity index (χ0n) is 13.5. The molecule has 1 saturated carbocycles. The highest BCUT2D eigenvalue weighted by Gasteiger charge is 2.29. The Morgan fingerprint density at radius 3 is 2.57 bits per heavy atom. The lowest BCUT2D eigenvalue weighted by Gasteiger charge is -2.31. The highest BCUT2D eigenvalue weighted by Crippen LogP contribution is 2.33. The molecule has 7 heteroatoms. The van der Waals surface area contributed by atoms with E-state index in [-0.39, 0.29) is 11.9 Å². The van der Waals surface area contributed by atoms with E-state index in [9.17, 15) is 4.79 Å². The van der Waals surface area contributed by atoms with Crippen LogP contribution < -0.4 is 5.32 Å². The minimum Gasteiger partial charge on any atom is -0.425 e. The van der Waals surface area contributed by atoms with E-state index in [1.807, 2.05) is 4.90 Å². The maximum Gasteiger partial charge on any atom is 0.317 e. The summed E-state index contributed by atoms with van der Waals surface area (Å²) < 4.78 is 5.97. The summed E-state index contributed by atoms with van der Waals surface area (Å²) in [6, 6.07) is -0.0534. The molecule has 1 aromatic rings. The third kappa shape index (κ3) is 4.16. The third-order valence-electron chi connectivity index (χ3n) is 4.84. The van der Waals surface area contributed by atoms with E-state index >= 15 is 0 Å². The summed E-state index contributed by atoms with van der Waals surface area (Å²) in [6.45, 7) is 1.91. The van der Waals surface area contributed by atoms with Gasteiger partial charge in [0.25, 0.3) is 0 Å². The fraction of sp³-hybridized carbons (Fsp3) is 0.812. The summed E-state index contributed by atoms with van der Waals surface area (Å²) >= 11 is 5.62. The molecule has 2 amide bonds. The Morgan fingerprint density at radius 2 is 1.83 bits per heavy atom. The van der Waals surface area contributed by atoms with E-state index in [0.29, 0.717) is 30.8 Å². The van der Waals surface area contributed by atoms with Crippen molar-refractivity contribution < 1.29 is 9.21 Å². The van der Waals surface area contributed by atoms with Crippen molar-refractivity contribution in [3.8, 4) is 0 Å². The molecule has 23 heavy (non-hydrogen) atoms. The first-order chi connectivity index (χ1) is 11.3.